The lowest BCUT2D eigenvalue weighted by atomic mass is 10.3. The van der Waals surface area contributed by atoms with Crippen molar-refractivity contribution in [1.82, 2.24) is 15.2 Å². The number of hydrogen-bond acceptors (Lipinski definition) is 5. The molecule has 1 amide bonds. The molecule has 0 radical (unpaired) electrons. The molecule has 4 N–H and O–H groups in total. The van der Waals surface area contributed by atoms with Gasteiger partial charge in [-0.05, 0) is 6.42 Å². The third-order valence-corrected chi connectivity index (χ3v) is 2.91. The molecule has 0 aliphatic carbocycles. The molecule has 90 valence electrons. The van der Waals surface area contributed by atoms with Crippen LogP contribution in [0.15, 0.2) is 11.4 Å². The number of nitrogen functional groups attached to an aromatic ring is 1. The van der Waals surface area contributed by atoms with Crippen LogP contribution in [0.25, 0.3) is 0 Å². The standard InChI is InChI=1S/C10H13N5OS/c1-2-6-3-8(15-14-6)13-9(16)4-7-5-17-10(11)12-7/h3,5H,2,4H2,1H3,(H2,11,12)(H2,13,14,15,16). The number of amides is 1. The van der Waals surface area contributed by atoms with E-state index in [1.807, 2.05) is 13.0 Å². The fourth-order valence-corrected chi connectivity index (χ4v) is 1.92. The zero-order valence-electron chi connectivity index (χ0n) is 9.36. The molecular formula is C10H13N5OS. The molecule has 0 saturated carbocycles. The van der Waals surface area contributed by atoms with Gasteiger partial charge in [-0.25, -0.2) is 4.98 Å². The first kappa shape index (κ1) is 11.6. The summed E-state index contributed by atoms with van der Waals surface area (Å²) in [7, 11) is 0. The first-order valence-corrected chi connectivity index (χ1v) is 6.09. The quantitative estimate of drug-likeness (QED) is 0.760. The summed E-state index contributed by atoms with van der Waals surface area (Å²) < 4.78 is 0. The number of carbonyl (C=O) groups is 1. The van der Waals surface area contributed by atoms with Crippen LogP contribution in [0.3, 0.4) is 0 Å². The second kappa shape index (κ2) is 4.96. The Balaban J connectivity index is 1.93. The molecule has 0 aliphatic heterocycles. The number of hydrogen-bond donors (Lipinski definition) is 3. The van der Waals surface area contributed by atoms with Gasteiger partial charge in [0.1, 0.15) is 0 Å². The van der Waals surface area contributed by atoms with Crippen molar-refractivity contribution >= 4 is 28.2 Å². The third kappa shape index (κ3) is 3.04. The molecule has 2 rings (SSSR count). The maximum Gasteiger partial charge on any atom is 0.231 e. The van der Waals surface area contributed by atoms with Crippen LogP contribution in [0.4, 0.5) is 10.9 Å². The van der Waals surface area contributed by atoms with Gasteiger partial charge in [0, 0.05) is 17.1 Å². The van der Waals surface area contributed by atoms with Crippen molar-refractivity contribution in [2.24, 2.45) is 0 Å². The number of rotatable bonds is 4. The molecule has 2 aromatic rings. The topological polar surface area (TPSA) is 96.7 Å². The van der Waals surface area contributed by atoms with Crippen molar-refractivity contribution < 1.29 is 4.79 Å². The Kier molecular flexibility index (Phi) is 3.38. The van der Waals surface area contributed by atoms with Gasteiger partial charge >= 0.3 is 0 Å². The molecule has 17 heavy (non-hydrogen) atoms. The predicted molar refractivity (Wildman–Crippen MR) is 66.8 cm³/mol. The highest BCUT2D eigenvalue weighted by Crippen LogP contribution is 2.12. The van der Waals surface area contributed by atoms with Crippen molar-refractivity contribution in [1.29, 1.82) is 0 Å². The summed E-state index contributed by atoms with van der Waals surface area (Å²) in [5.41, 5.74) is 7.15. The number of aryl methyl sites for hydroxylation is 1. The Hall–Kier alpha value is -1.89. The van der Waals surface area contributed by atoms with Gasteiger partial charge in [-0.3, -0.25) is 9.89 Å². The van der Waals surface area contributed by atoms with E-state index in [1.165, 1.54) is 11.3 Å². The van der Waals surface area contributed by atoms with Crippen molar-refractivity contribution in [2.75, 3.05) is 11.1 Å². The monoisotopic (exact) mass is 251 g/mol. The first-order valence-electron chi connectivity index (χ1n) is 5.21. The maximum atomic E-state index is 11.6. The van der Waals surface area contributed by atoms with Gasteiger partial charge in [-0.1, -0.05) is 6.92 Å². The molecule has 0 saturated heterocycles. The second-order valence-electron chi connectivity index (χ2n) is 3.53. The second-order valence-corrected chi connectivity index (χ2v) is 4.42. The number of thiazole rings is 1. The number of aromatic amines is 1. The van der Waals surface area contributed by atoms with E-state index in [2.05, 4.69) is 20.5 Å². The van der Waals surface area contributed by atoms with Gasteiger partial charge in [-0.2, -0.15) is 5.10 Å². The van der Waals surface area contributed by atoms with Crippen molar-refractivity contribution in [2.45, 2.75) is 19.8 Å². The normalized spacial score (nSPS) is 10.4. The Morgan fingerprint density at radius 3 is 3.06 bits per heavy atom. The van der Waals surface area contributed by atoms with Crippen LogP contribution >= 0.6 is 11.3 Å². The van der Waals surface area contributed by atoms with Crippen LogP contribution in [0.2, 0.25) is 0 Å². The lowest BCUT2D eigenvalue weighted by molar-refractivity contribution is -0.115. The summed E-state index contributed by atoms with van der Waals surface area (Å²) in [6.07, 6.45) is 1.06. The molecule has 0 aromatic carbocycles. The smallest absolute Gasteiger partial charge is 0.231 e. The zero-order chi connectivity index (χ0) is 12.3. The molecule has 2 aromatic heterocycles. The molecule has 0 atom stereocenters. The van der Waals surface area contributed by atoms with Gasteiger partial charge in [0.05, 0.1) is 12.1 Å². The number of anilines is 2. The fraction of sp³-hybridized carbons (Fsp3) is 0.300. The third-order valence-electron chi connectivity index (χ3n) is 2.19. The van der Waals surface area contributed by atoms with Crippen LogP contribution in [0.1, 0.15) is 18.3 Å². The number of nitrogens with one attached hydrogen (secondary N) is 2. The predicted octanol–water partition coefficient (Wildman–Crippen LogP) is 1.19. The minimum atomic E-state index is -0.149. The Morgan fingerprint density at radius 1 is 1.65 bits per heavy atom. The van der Waals surface area contributed by atoms with E-state index in [4.69, 9.17) is 5.73 Å². The van der Waals surface area contributed by atoms with Crippen LogP contribution in [-0.2, 0) is 17.6 Å². The van der Waals surface area contributed by atoms with E-state index in [0.29, 0.717) is 16.6 Å². The summed E-state index contributed by atoms with van der Waals surface area (Å²) in [4.78, 5) is 15.7. The molecule has 7 heteroatoms. The fourth-order valence-electron chi connectivity index (χ4n) is 1.36. The molecule has 6 nitrogen and oxygen atoms in total. The van der Waals surface area contributed by atoms with Crippen LogP contribution < -0.4 is 11.1 Å². The summed E-state index contributed by atoms with van der Waals surface area (Å²) >= 11 is 1.33. The molecule has 0 unspecified atom stereocenters. The van der Waals surface area contributed by atoms with Crippen LogP contribution in [0, 0.1) is 0 Å². The van der Waals surface area contributed by atoms with Crippen molar-refractivity contribution in [3.63, 3.8) is 0 Å². The lowest BCUT2D eigenvalue weighted by Gasteiger charge is -1.98. The first-order chi connectivity index (χ1) is 8.17. The minimum Gasteiger partial charge on any atom is -0.375 e. The highest BCUT2D eigenvalue weighted by atomic mass is 32.1. The van der Waals surface area contributed by atoms with E-state index in [9.17, 15) is 4.79 Å². The number of nitrogens with zero attached hydrogens (tertiary/aromatic N) is 2. The number of aromatic nitrogens is 3. The van der Waals surface area contributed by atoms with Gasteiger partial charge in [0.25, 0.3) is 0 Å². The van der Waals surface area contributed by atoms with E-state index in [-0.39, 0.29) is 12.3 Å². The molecule has 0 spiro atoms. The van der Waals surface area contributed by atoms with Gasteiger partial charge in [-0.15, -0.1) is 11.3 Å². The average Bonchev–Trinajstić information content (AvgIpc) is 2.88. The van der Waals surface area contributed by atoms with E-state index in [1.54, 1.807) is 5.38 Å². The summed E-state index contributed by atoms with van der Waals surface area (Å²) in [6, 6.07) is 1.81. The zero-order valence-corrected chi connectivity index (χ0v) is 10.2. The average molecular weight is 251 g/mol. The SMILES string of the molecule is CCc1cc(NC(=O)Cc2csc(N)n2)n[nH]1. The number of H-pyrrole nitrogens is 1. The van der Waals surface area contributed by atoms with E-state index < -0.39 is 0 Å². The Bertz CT molecular complexity index is 518. The van der Waals surface area contributed by atoms with Crippen LogP contribution in [-0.4, -0.2) is 21.1 Å². The van der Waals surface area contributed by atoms with Crippen molar-refractivity contribution in [3.8, 4) is 0 Å². The van der Waals surface area contributed by atoms with E-state index >= 15 is 0 Å². The van der Waals surface area contributed by atoms with Gasteiger partial charge in [0.2, 0.25) is 5.91 Å². The number of carbonyl (C=O) groups excluding carboxylic acids is 1. The molecule has 0 aliphatic rings. The van der Waals surface area contributed by atoms with Crippen molar-refractivity contribution in [3.05, 3.63) is 22.8 Å². The lowest BCUT2D eigenvalue weighted by Crippen LogP contribution is -2.14. The molecule has 0 fully saturated rings. The Morgan fingerprint density at radius 2 is 2.47 bits per heavy atom. The van der Waals surface area contributed by atoms with E-state index in [0.717, 1.165) is 12.1 Å². The van der Waals surface area contributed by atoms with Crippen LogP contribution in [0.5, 0.6) is 0 Å². The van der Waals surface area contributed by atoms with Gasteiger partial charge < -0.3 is 11.1 Å². The Labute approximate surface area is 102 Å². The highest BCUT2D eigenvalue weighted by Gasteiger charge is 2.08. The highest BCUT2D eigenvalue weighted by molar-refractivity contribution is 7.13. The molecule has 2 heterocycles. The maximum absolute atomic E-state index is 11.6. The number of nitrogens with two attached hydrogens (primary N) is 1. The summed E-state index contributed by atoms with van der Waals surface area (Å²) in [5, 5.41) is 11.7. The summed E-state index contributed by atoms with van der Waals surface area (Å²) in [5.74, 6) is 0.388. The minimum absolute atomic E-state index is 0.149. The molecule has 0 bridgehead atoms. The largest absolute Gasteiger partial charge is 0.375 e. The molecular weight excluding hydrogens is 238 g/mol. The van der Waals surface area contributed by atoms with Gasteiger partial charge in [0.15, 0.2) is 10.9 Å². The summed E-state index contributed by atoms with van der Waals surface area (Å²) in [6.45, 7) is 2.01.